The maximum Gasteiger partial charge on any atom is 0.147 e. The summed E-state index contributed by atoms with van der Waals surface area (Å²) >= 11 is 6.73. The van der Waals surface area contributed by atoms with Crippen molar-refractivity contribution < 1.29 is 4.74 Å². The summed E-state index contributed by atoms with van der Waals surface area (Å²) in [5.41, 5.74) is 6.31. The summed E-state index contributed by atoms with van der Waals surface area (Å²) in [4.78, 5) is 0. The third-order valence-corrected chi connectivity index (χ3v) is 2.88. The minimum Gasteiger partial charge on any atom is -0.491 e. The first-order chi connectivity index (χ1) is 7.15. The fourth-order valence-electron chi connectivity index (χ4n) is 1.04. The van der Waals surface area contributed by atoms with Crippen LogP contribution in [-0.2, 0) is 0 Å². The Labute approximate surface area is 105 Å². The number of benzene rings is 1. The standard InChI is InChI=1S/C10H10Br2N2O/c11-8-5-7(14)6-9(12)10(8)15-4-2-1-3-13/h5-6H,1-2,4,14H2. The maximum atomic E-state index is 8.37. The number of nitrogens with two attached hydrogens (primary N) is 1. The molecule has 1 aromatic carbocycles. The van der Waals surface area contributed by atoms with Gasteiger partial charge in [0, 0.05) is 12.1 Å². The molecule has 0 unspecified atom stereocenters. The molecule has 15 heavy (non-hydrogen) atoms. The highest BCUT2D eigenvalue weighted by atomic mass is 79.9. The van der Waals surface area contributed by atoms with Crippen molar-refractivity contribution >= 4 is 37.5 Å². The zero-order valence-electron chi connectivity index (χ0n) is 7.96. The predicted molar refractivity (Wildman–Crippen MR) is 66.6 cm³/mol. The van der Waals surface area contributed by atoms with Crippen LogP contribution in [0.4, 0.5) is 5.69 Å². The number of ether oxygens (including phenoxy) is 1. The largest absolute Gasteiger partial charge is 0.491 e. The third kappa shape index (κ3) is 3.73. The molecule has 0 radical (unpaired) electrons. The van der Waals surface area contributed by atoms with Crippen LogP contribution in [0.2, 0.25) is 0 Å². The number of nitriles is 1. The van der Waals surface area contributed by atoms with Gasteiger partial charge in [-0.3, -0.25) is 0 Å². The first-order valence-corrected chi connectivity index (χ1v) is 5.98. The molecular formula is C10H10Br2N2O. The number of anilines is 1. The molecule has 2 N–H and O–H groups in total. The number of nitrogens with zero attached hydrogens (tertiary/aromatic N) is 1. The van der Waals surface area contributed by atoms with E-state index in [4.69, 9.17) is 15.7 Å². The topological polar surface area (TPSA) is 59.0 Å². The van der Waals surface area contributed by atoms with Crippen LogP contribution in [-0.4, -0.2) is 6.61 Å². The predicted octanol–water partition coefficient (Wildman–Crippen LogP) is 3.48. The zero-order valence-corrected chi connectivity index (χ0v) is 11.1. The molecule has 5 heteroatoms. The van der Waals surface area contributed by atoms with Gasteiger partial charge in [-0.15, -0.1) is 0 Å². The summed E-state index contributed by atoms with van der Waals surface area (Å²) in [5.74, 6) is 0.724. The van der Waals surface area contributed by atoms with Gasteiger partial charge in [0.25, 0.3) is 0 Å². The number of hydrogen-bond donors (Lipinski definition) is 1. The number of hydrogen-bond acceptors (Lipinski definition) is 3. The Morgan fingerprint density at radius 3 is 2.47 bits per heavy atom. The van der Waals surface area contributed by atoms with Crippen molar-refractivity contribution in [3.05, 3.63) is 21.1 Å². The van der Waals surface area contributed by atoms with Gasteiger partial charge >= 0.3 is 0 Å². The molecule has 0 heterocycles. The van der Waals surface area contributed by atoms with Crippen LogP contribution in [0.1, 0.15) is 12.8 Å². The molecule has 0 amide bonds. The molecule has 1 rings (SSSR count). The first-order valence-electron chi connectivity index (χ1n) is 4.39. The lowest BCUT2D eigenvalue weighted by Gasteiger charge is -2.10. The van der Waals surface area contributed by atoms with E-state index in [2.05, 4.69) is 37.9 Å². The highest BCUT2D eigenvalue weighted by Crippen LogP contribution is 2.35. The third-order valence-electron chi connectivity index (χ3n) is 1.70. The number of rotatable bonds is 4. The Kier molecular flexibility index (Phi) is 4.92. The van der Waals surface area contributed by atoms with E-state index in [9.17, 15) is 0 Å². The fourth-order valence-corrected chi connectivity index (χ4v) is 2.49. The van der Waals surface area contributed by atoms with Crippen molar-refractivity contribution in [3.8, 4) is 11.8 Å². The van der Waals surface area contributed by atoms with E-state index in [0.29, 0.717) is 18.7 Å². The highest BCUT2D eigenvalue weighted by molar-refractivity contribution is 9.11. The average molecular weight is 334 g/mol. The second-order valence-corrected chi connectivity index (χ2v) is 4.63. The van der Waals surface area contributed by atoms with Crippen molar-refractivity contribution in [2.24, 2.45) is 0 Å². The molecule has 0 aliphatic heterocycles. The molecule has 0 fully saturated rings. The van der Waals surface area contributed by atoms with Crippen molar-refractivity contribution in [3.63, 3.8) is 0 Å². The SMILES string of the molecule is N#CCCCOc1c(Br)cc(N)cc1Br. The molecule has 80 valence electrons. The molecule has 0 saturated heterocycles. The number of halogens is 2. The molecule has 0 saturated carbocycles. The summed E-state index contributed by atoms with van der Waals surface area (Å²) in [6.45, 7) is 0.522. The Balaban J connectivity index is 2.65. The molecule has 0 bridgehead atoms. The summed E-state index contributed by atoms with van der Waals surface area (Å²) in [7, 11) is 0. The molecule has 0 spiro atoms. The van der Waals surface area contributed by atoms with Crippen LogP contribution in [0, 0.1) is 11.3 Å². The summed E-state index contributed by atoms with van der Waals surface area (Å²) < 4.78 is 7.15. The highest BCUT2D eigenvalue weighted by Gasteiger charge is 2.07. The summed E-state index contributed by atoms with van der Waals surface area (Å²) in [6.07, 6.45) is 1.23. The van der Waals surface area contributed by atoms with Gasteiger partial charge in [-0.2, -0.15) is 5.26 Å². The first kappa shape index (κ1) is 12.3. The lowest BCUT2D eigenvalue weighted by atomic mass is 10.3. The molecule has 3 nitrogen and oxygen atoms in total. The Morgan fingerprint density at radius 2 is 1.93 bits per heavy atom. The quantitative estimate of drug-likeness (QED) is 0.678. The van der Waals surface area contributed by atoms with Crippen molar-refractivity contribution in [1.29, 1.82) is 5.26 Å². The van der Waals surface area contributed by atoms with Gasteiger partial charge in [0.2, 0.25) is 0 Å². The van der Waals surface area contributed by atoms with Crippen molar-refractivity contribution in [2.75, 3.05) is 12.3 Å². The minimum absolute atomic E-state index is 0.504. The van der Waals surface area contributed by atoms with Crippen LogP contribution < -0.4 is 10.5 Å². The van der Waals surface area contributed by atoms with Gasteiger partial charge in [-0.05, 0) is 50.4 Å². The Hall–Kier alpha value is -0.730. The molecule has 0 atom stereocenters. The smallest absolute Gasteiger partial charge is 0.147 e. The number of unbranched alkanes of at least 4 members (excludes halogenated alkanes) is 1. The van der Waals surface area contributed by atoms with Crippen LogP contribution in [0.25, 0.3) is 0 Å². The Bertz CT molecular complexity index is 364. The summed E-state index contributed by atoms with van der Waals surface area (Å²) in [5, 5.41) is 8.37. The van der Waals surface area contributed by atoms with E-state index >= 15 is 0 Å². The molecule has 1 aromatic rings. The van der Waals surface area contributed by atoms with Crippen molar-refractivity contribution in [1.82, 2.24) is 0 Å². The average Bonchev–Trinajstić information content (AvgIpc) is 2.15. The van der Waals surface area contributed by atoms with Gasteiger partial charge in [-0.1, -0.05) is 0 Å². The lowest BCUT2D eigenvalue weighted by molar-refractivity contribution is 0.309. The van der Waals surface area contributed by atoms with E-state index in [1.165, 1.54) is 0 Å². The number of nitrogen functional groups attached to an aromatic ring is 1. The van der Waals surface area contributed by atoms with E-state index < -0.39 is 0 Å². The zero-order chi connectivity index (χ0) is 11.3. The molecule has 0 aliphatic rings. The fraction of sp³-hybridized carbons (Fsp3) is 0.300. The van der Waals surface area contributed by atoms with Crippen LogP contribution in [0.15, 0.2) is 21.1 Å². The normalized spacial score (nSPS) is 9.67. The van der Waals surface area contributed by atoms with Gasteiger partial charge in [-0.25, -0.2) is 0 Å². The monoisotopic (exact) mass is 332 g/mol. The van der Waals surface area contributed by atoms with Crippen LogP contribution in [0.5, 0.6) is 5.75 Å². The van der Waals surface area contributed by atoms with Gasteiger partial charge in [0.1, 0.15) is 5.75 Å². The van der Waals surface area contributed by atoms with Crippen molar-refractivity contribution in [2.45, 2.75) is 12.8 Å². The summed E-state index contributed by atoms with van der Waals surface area (Å²) in [6, 6.07) is 5.63. The van der Waals surface area contributed by atoms with Gasteiger partial charge in [0.15, 0.2) is 0 Å². The molecule has 0 aliphatic carbocycles. The van der Waals surface area contributed by atoms with E-state index in [1.807, 2.05) is 0 Å². The minimum atomic E-state index is 0.504. The second-order valence-electron chi connectivity index (χ2n) is 2.92. The van der Waals surface area contributed by atoms with E-state index in [-0.39, 0.29) is 0 Å². The maximum absolute atomic E-state index is 8.37. The van der Waals surface area contributed by atoms with Crippen LogP contribution in [0.3, 0.4) is 0 Å². The lowest BCUT2D eigenvalue weighted by Crippen LogP contribution is -1.99. The Morgan fingerprint density at radius 1 is 1.33 bits per heavy atom. The van der Waals surface area contributed by atoms with E-state index in [1.54, 1.807) is 12.1 Å². The van der Waals surface area contributed by atoms with Gasteiger partial charge in [0.05, 0.1) is 21.6 Å². The van der Waals surface area contributed by atoms with Gasteiger partial charge < -0.3 is 10.5 Å². The molecule has 0 aromatic heterocycles. The van der Waals surface area contributed by atoms with E-state index in [0.717, 1.165) is 21.1 Å². The molecular weight excluding hydrogens is 324 g/mol. The van der Waals surface area contributed by atoms with Crippen LogP contribution >= 0.6 is 31.9 Å². The second kappa shape index (κ2) is 5.99.